The Bertz CT molecular complexity index is 1680. The summed E-state index contributed by atoms with van der Waals surface area (Å²) in [6.07, 6.45) is 5.90. The number of piperidine rings is 1. The van der Waals surface area contributed by atoms with Crippen LogP contribution in [0.2, 0.25) is 0 Å². The Kier molecular flexibility index (Phi) is 8.32. The van der Waals surface area contributed by atoms with E-state index in [1.54, 1.807) is 16.9 Å². The molecule has 4 heterocycles. The summed E-state index contributed by atoms with van der Waals surface area (Å²) in [5.41, 5.74) is 2.58. The summed E-state index contributed by atoms with van der Waals surface area (Å²) in [4.78, 5) is 17.8. The van der Waals surface area contributed by atoms with Crippen LogP contribution in [-0.4, -0.2) is 61.0 Å². The number of aromatic nitrogens is 4. The summed E-state index contributed by atoms with van der Waals surface area (Å²) in [7, 11) is 0. The van der Waals surface area contributed by atoms with Gasteiger partial charge in [0, 0.05) is 36.3 Å². The number of benzene rings is 2. The normalized spacial score (nSPS) is 21.0. The van der Waals surface area contributed by atoms with Gasteiger partial charge in [0.15, 0.2) is 23.1 Å². The molecule has 2 aliphatic heterocycles. The molecule has 0 saturated carbocycles. The third-order valence-corrected chi connectivity index (χ3v) is 9.21. The molecule has 0 spiro atoms. The Labute approximate surface area is 261 Å². The van der Waals surface area contributed by atoms with Crippen molar-refractivity contribution in [1.82, 2.24) is 30.0 Å². The standard InChI is InChI=1S/C34H39F3N6O2/c1-33(2,3)23-10-8-22(9-11-23)18-34(4)12-6-14-42(34)32(44)30-15-25(45-39-30)20-41-13-5-7-24(19-41)43-21-31(38-40-43)26-16-28(36)29(37)17-27(26)35/h8-11,15-17,21,24H,5-7,12-14,18-20H2,1-4H3. The highest BCUT2D eigenvalue weighted by atomic mass is 19.2. The minimum atomic E-state index is -1.25. The maximum atomic E-state index is 14.3. The quantitative estimate of drug-likeness (QED) is 0.214. The van der Waals surface area contributed by atoms with Gasteiger partial charge in [0.2, 0.25) is 0 Å². The van der Waals surface area contributed by atoms with Crippen molar-refractivity contribution < 1.29 is 22.5 Å². The van der Waals surface area contributed by atoms with Gasteiger partial charge in [0.25, 0.3) is 5.91 Å². The number of hydrogen-bond donors (Lipinski definition) is 0. The zero-order valence-corrected chi connectivity index (χ0v) is 26.2. The third kappa shape index (κ3) is 6.54. The van der Waals surface area contributed by atoms with Crippen LogP contribution in [0.5, 0.6) is 0 Å². The first-order chi connectivity index (χ1) is 21.4. The maximum absolute atomic E-state index is 14.3. The second-order valence-corrected chi connectivity index (χ2v) is 13.7. The molecular formula is C34H39F3N6O2. The molecule has 11 heteroatoms. The van der Waals surface area contributed by atoms with Gasteiger partial charge in [-0.1, -0.05) is 55.4 Å². The minimum absolute atomic E-state index is 0.0554. The van der Waals surface area contributed by atoms with Crippen LogP contribution in [0, 0.1) is 17.5 Å². The van der Waals surface area contributed by atoms with Crippen molar-refractivity contribution in [3.05, 3.63) is 88.7 Å². The van der Waals surface area contributed by atoms with Gasteiger partial charge in [-0.05, 0) is 68.2 Å². The average molecular weight is 621 g/mol. The van der Waals surface area contributed by atoms with Crippen LogP contribution in [0.1, 0.15) is 86.8 Å². The molecule has 2 fully saturated rings. The van der Waals surface area contributed by atoms with Crippen molar-refractivity contribution in [2.45, 2.75) is 83.3 Å². The van der Waals surface area contributed by atoms with E-state index >= 15 is 0 Å². The molecule has 238 valence electrons. The van der Waals surface area contributed by atoms with Crippen LogP contribution in [0.25, 0.3) is 11.3 Å². The fraction of sp³-hybridized carbons (Fsp3) is 0.471. The topological polar surface area (TPSA) is 80.3 Å². The van der Waals surface area contributed by atoms with E-state index in [4.69, 9.17) is 4.52 Å². The monoisotopic (exact) mass is 620 g/mol. The fourth-order valence-electron chi connectivity index (χ4n) is 6.65. The van der Waals surface area contributed by atoms with E-state index in [-0.39, 0.29) is 34.2 Å². The van der Waals surface area contributed by atoms with Crippen molar-refractivity contribution in [3.8, 4) is 11.3 Å². The van der Waals surface area contributed by atoms with E-state index in [1.165, 1.54) is 11.1 Å². The van der Waals surface area contributed by atoms with E-state index in [9.17, 15) is 18.0 Å². The second-order valence-electron chi connectivity index (χ2n) is 13.7. The molecule has 2 aromatic heterocycles. The molecule has 1 amide bonds. The van der Waals surface area contributed by atoms with Crippen molar-refractivity contribution in [1.29, 1.82) is 0 Å². The van der Waals surface area contributed by atoms with Crippen molar-refractivity contribution >= 4 is 5.91 Å². The van der Waals surface area contributed by atoms with Crippen LogP contribution >= 0.6 is 0 Å². The van der Waals surface area contributed by atoms with Crippen LogP contribution in [0.3, 0.4) is 0 Å². The summed E-state index contributed by atoms with van der Waals surface area (Å²) in [5.74, 6) is -2.81. The first-order valence-electron chi connectivity index (χ1n) is 15.6. The van der Waals surface area contributed by atoms with Gasteiger partial charge < -0.3 is 9.42 Å². The Morgan fingerprint density at radius 3 is 2.53 bits per heavy atom. The number of carbonyl (C=O) groups excluding carboxylic acids is 1. The number of rotatable bonds is 7. The molecule has 2 aromatic carbocycles. The Morgan fingerprint density at radius 1 is 1.02 bits per heavy atom. The maximum Gasteiger partial charge on any atom is 0.276 e. The molecule has 2 atom stereocenters. The van der Waals surface area contributed by atoms with E-state index in [2.05, 4.69) is 72.3 Å². The molecule has 2 aliphatic rings. The Hall–Kier alpha value is -3.99. The second kappa shape index (κ2) is 12.1. The highest BCUT2D eigenvalue weighted by Crippen LogP contribution is 2.35. The number of halogens is 3. The SMILES string of the molecule is CC(C)(C)c1ccc(CC2(C)CCCN2C(=O)c2cc(CN3CCCC(n4cc(-c5cc(F)c(F)cc5F)nn4)C3)on2)cc1. The van der Waals surface area contributed by atoms with Gasteiger partial charge in [0.05, 0.1) is 18.8 Å². The van der Waals surface area contributed by atoms with E-state index in [0.29, 0.717) is 37.2 Å². The largest absolute Gasteiger partial charge is 0.359 e. The summed E-state index contributed by atoms with van der Waals surface area (Å²) < 4.78 is 48.7. The predicted molar refractivity (Wildman–Crippen MR) is 163 cm³/mol. The van der Waals surface area contributed by atoms with E-state index in [1.807, 2.05) is 4.90 Å². The number of hydrogen-bond acceptors (Lipinski definition) is 6. The highest BCUT2D eigenvalue weighted by molar-refractivity contribution is 5.93. The summed E-state index contributed by atoms with van der Waals surface area (Å²) >= 11 is 0. The molecule has 2 saturated heterocycles. The number of nitrogens with zero attached hydrogens (tertiary/aromatic N) is 6. The first-order valence-corrected chi connectivity index (χ1v) is 15.6. The van der Waals surface area contributed by atoms with E-state index < -0.39 is 17.5 Å². The molecule has 4 aromatic rings. The van der Waals surface area contributed by atoms with Gasteiger partial charge in [-0.2, -0.15) is 0 Å². The Morgan fingerprint density at radius 2 is 1.78 bits per heavy atom. The van der Waals surface area contributed by atoms with Gasteiger partial charge in [-0.3, -0.25) is 9.69 Å². The molecule has 0 N–H and O–H groups in total. The number of amides is 1. The highest BCUT2D eigenvalue weighted by Gasteiger charge is 2.41. The molecular weight excluding hydrogens is 581 g/mol. The lowest BCUT2D eigenvalue weighted by Gasteiger charge is -2.35. The number of likely N-dealkylation sites (tertiary alicyclic amines) is 2. The summed E-state index contributed by atoms with van der Waals surface area (Å²) in [6.45, 7) is 11.3. The fourth-order valence-corrected chi connectivity index (χ4v) is 6.65. The summed E-state index contributed by atoms with van der Waals surface area (Å²) in [6, 6.07) is 11.7. The molecule has 45 heavy (non-hydrogen) atoms. The Balaban J connectivity index is 1.09. The van der Waals surface area contributed by atoms with Crippen LogP contribution in [0.4, 0.5) is 13.2 Å². The summed E-state index contributed by atoms with van der Waals surface area (Å²) in [5, 5.41) is 12.3. The van der Waals surface area contributed by atoms with Crippen LogP contribution < -0.4 is 0 Å². The van der Waals surface area contributed by atoms with Crippen molar-refractivity contribution in [2.75, 3.05) is 19.6 Å². The van der Waals surface area contributed by atoms with Crippen molar-refractivity contribution in [2.24, 2.45) is 0 Å². The zero-order chi connectivity index (χ0) is 31.9. The minimum Gasteiger partial charge on any atom is -0.359 e. The van der Waals surface area contributed by atoms with Gasteiger partial charge >= 0.3 is 0 Å². The zero-order valence-electron chi connectivity index (χ0n) is 26.2. The van der Waals surface area contributed by atoms with Crippen molar-refractivity contribution in [3.63, 3.8) is 0 Å². The smallest absolute Gasteiger partial charge is 0.276 e. The van der Waals surface area contributed by atoms with E-state index in [0.717, 1.165) is 44.7 Å². The molecule has 0 aliphatic carbocycles. The lowest BCUT2D eigenvalue weighted by Crippen LogP contribution is -2.46. The van der Waals surface area contributed by atoms with Gasteiger partial charge in [-0.15, -0.1) is 5.10 Å². The lowest BCUT2D eigenvalue weighted by atomic mass is 9.84. The van der Waals surface area contributed by atoms with Gasteiger partial charge in [-0.25, -0.2) is 17.9 Å². The first kappa shape index (κ1) is 31.0. The molecule has 6 rings (SSSR count). The molecule has 0 radical (unpaired) electrons. The average Bonchev–Trinajstić information content (AvgIpc) is 3.75. The predicted octanol–water partition coefficient (Wildman–Crippen LogP) is 6.72. The molecule has 0 bridgehead atoms. The lowest BCUT2D eigenvalue weighted by molar-refractivity contribution is 0.0613. The molecule has 8 nitrogen and oxygen atoms in total. The van der Waals surface area contributed by atoms with Crippen LogP contribution in [-0.2, 0) is 18.4 Å². The van der Waals surface area contributed by atoms with Crippen LogP contribution in [0.15, 0.2) is 53.2 Å². The van der Waals surface area contributed by atoms with Gasteiger partial charge in [0.1, 0.15) is 11.5 Å². The third-order valence-electron chi connectivity index (χ3n) is 9.21. The molecule has 2 unspecified atom stereocenters. The number of carbonyl (C=O) groups is 1.